The van der Waals surface area contributed by atoms with E-state index in [1.54, 1.807) is 14.2 Å². The molecule has 1 aromatic rings. The number of halogens is 1. The lowest BCUT2D eigenvalue weighted by atomic mass is 10.2. The summed E-state index contributed by atoms with van der Waals surface area (Å²) in [7, 11) is 3.32. The average molecular weight is 285 g/mol. The maximum Gasteiger partial charge on any atom is 0.141 e. The van der Waals surface area contributed by atoms with Crippen LogP contribution >= 0.6 is 0 Å². The third-order valence-corrected chi connectivity index (χ3v) is 2.91. The van der Waals surface area contributed by atoms with E-state index in [1.165, 1.54) is 12.3 Å². The summed E-state index contributed by atoms with van der Waals surface area (Å²) in [5.74, 6) is 0.460. The summed E-state index contributed by atoms with van der Waals surface area (Å²) in [6, 6.07) is 1.53. The van der Waals surface area contributed by atoms with Gasteiger partial charge in [0, 0.05) is 39.4 Å². The molecule has 114 valence electrons. The van der Waals surface area contributed by atoms with Crippen molar-refractivity contribution in [2.24, 2.45) is 0 Å². The smallest absolute Gasteiger partial charge is 0.141 e. The Hall–Kier alpha value is -1.24. The van der Waals surface area contributed by atoms with E-state index in [2.05, 4.69) is 15.2 Å². The van der Waals surface area contributed by atoms with Crippen molar-refractivity contribution < 1.29 is 13.9 Å². The van der Waals surface area contributed by atoms with Crippen LogP contribution in [0.3, 0.4) is 0 Å². The van der Waals surface area contributed by atoms with Crippen LogP contribution in [0.1, 0.15) is 12.5 Å². The second-order valence-corrected chi connectivity index (χ2v) is 4.39. The molecule has 0 saturated carbocycles. The number of hydrogen-bond acceptors (Lipinski definition) is 5. The molecule has 0 unspecified atom stereocenters. The number of methoxy groups -OCH3 is 2. The molecule has 6 heteroatoms. The molecule has 5 nitrogen and oxygen atoms in total. The zero-order chi connectivity index (χ0) is 14.8. The maximum atomic E-state index is 13.4. The van der Waals surface area contributed by atoms with Crippen molar-refractivity contribution in [2.75, 3.05) is 52.0 Å². The van der Waals surface area contributed by atoms with Crippen molar-refractivity contribution in [3.05, 3.63) is 23.6 Å². The lowest BCUT2D eigenvalue weighted by Gasteiger charge is -2.25. The third kappa shape index (κ3) is 5.40. The fourth-order valence-corrected chi connectivity index (χ4v) is 1.88. The Morgan fingerprint density at radius 3 is 2.45 bits per heavy atom. The summed E-state index contributed by atoms with van der Waals surface area (Å²) in [6.07, 6.45) is 1.25. The van der Waals surface area contributed by atoms with Gasteiger partial charge in [0.2, 0.25) is 0 Å². The molecular formula is C14H24FN3O2. The number of hydrogen-bond donors (Lipinski definition) is 1. The molecule has 0 amide bonds. The van der Waals surface area contributed by atoms with Gasteiger partial charge in [0.25, 0.3) is 0 Å². The van der Waals surface area contributed by atoms with Crippen molar-refractivity contribution in [3.63, 3.8) is 0 Å². The van der Waals surface area contributed by atoms with Crippen molar-refractivity contribution in [1.82, 2.24) is 10.3 Å². The summed E-state index contributed by atoms with van der Waals surface area (Å²) in [5, 5.41) is 3.20. The minimum atomic E-state index is -0.319. The van der Waals surface area contributed by atoms with Crippen LogP contribution in [-0.4, -0.2) is 52.1 Å². The number of rotatable bonds is 10. The van der Waals surface area contributed by atoms with E-state index in [4.69, 9.17) is 9.47 Å². The molecule has 0 aliphatic heterocycles. The fraction of sp³-hybridized carbons (Fsp3) is 0.643. The number of aromatic nitrogens is 1. The molecule has 0 bridgehead atoms. The van der Waals surface area contributed by atoms with E-state index in [0.29, 0.717) is 32.8 Å². The molecule has 0 saturated heterocycles. The molecule has 1 aromatic heterocycles. The Morgan fingerprint density at radius 1 is 1.25 bits per heavy atom. The van der Waals surface area contributed by atoms with E-state index in [9.17, 15) is 4.39 Å². The van der Waals surface area contributed by atoms with Gasteiger partial charge in [-0.25, -0.2) is 9.37 Å². The van der Waals surface area contributed by atoms with Crippen molar-refractivity contribution in [3.8, 4) is 0 Å². The van der Waals surface area contributed by atoms with Crippen LogP contribution in [-0.2, 0) is 16.0 Å². The van der Waals surface area contributed by atoms with Gasteiger partial charge in [0.15, 0.2) is 0 Å². The molecule has 0 aliphatic carbocycles. The minimum absolute atomic E-state index is 0.319. The minimum Gasteiger partial charge on any atom is -0.383 e. The predicted octanol–water partition coefficient (Wildman–Crippen LogP) is 1.43. The largest absolute Gasteiger partial charge is 0.383 e. The number of ether oxygens (including phenoxy) is 2. The number of nitrogens with one attached hydrogen (secondary N) is 1. The topological polar surface area (TPSA) is 46.6 Å². The number of pyridine rings is 1. The van der Waals surface area contributed by atoms with E-state index in [-0.39, 0.29) is 5.82 Å². The standard InChI is InChI=1S/C14H24FN3O2/c1-4-16-10-12-9-13(15)11-17-14(12)18(5-7-19-2)6-8-20-3/h9,11,16H,4-8,10H2,1-3H3. The summed E-state index contributed by atoms with van der Waals surface area (Å²) < 4.78 is 23.6. The van der Waals surface area contributed by atoms with Gasteiger partial charge >= 0.3 is 0 Å². The molecule has 0 aliphatic rings. The van der Waals surface area contributed by atoms with E-state index < -0.39 is 0 Å². The van der Waals surface area contributed by atoms with Gasteiger partial charge in [-0.15, -0.1) is 0 Å². The molecular weight excluding hydrogens is 261 g/mol. The lowest BCUT2D eigenvalue weighted by molar-refractivity contribution is 0.190. The summed E-state index contributed by atoms with van der Waals surface area (Å²) in [6.45, 7) is 5.99. The van der Waals surface area contributed by atoms with Gasteiger partial charge in [-0.2, -0.15) is 0 Å². The second kappa shape index (κ2) is 9.63. The highest BCUT2D eigenvalue weighted by Gasteiger charge is 2.13. The first kappa shape index (κ1) is 16.8. The number of anilines is 1. The molecule has 0 fully saturated rings. The SMILES string of the molecule is CCNCc1cc(F)cnc1N(CCOC)CCOC. The fourth-order valence-electron chi connectivity index (χ4n) is 1.88. The van der Waals surface area contributed by atoms with Gasteiger partial charge in [-0.1, -0.05) is 6.92 Å². The van der Waals surface area contributed by atoms with Crippen molar-refractivity contribution in [2.45, 2.75) is 13.5 Å². The Balaban J connectivity index is 2.90. The van der Waals surface area contributed by atoms with Crippen LogP contribution in [0.4, 0.5) is 10.2 Å². The molecule has 1 N–H and O–H groups in total. The van der Waals surface area contributed by atoms with Crippen LogP contribution in [0.2, 0.25) is 0 Å². The Kier molecular flexibility index (Phi) is 8.10. The van der Waals surface area contributed by atoms with Crippen LogP contribution in [0, 0.1) is 5.82 Å². The summed E-state index contributed by atoms with van der Waals surface area (Å²) >= 11 is 0. The molecule has 1 rings (SSSR count). The maximum absolute atomic E-state index is 13.4. The van der Waals surface area contributed by atoms with Gasteiger partial charge in [-0.05, 0) is 12.6 Å². The third-order valence-electron chi connectivity index (χ3n) is 2.91. The Bertz CT molecular complexity index is 383. The zero-order valence-corrected chi connectivity index (χ0v) is 12.5. The first-order valence-corrected chi connectivity index (χ1v) is 6.80. The van der Waals surface area contributed by atoms with E-state index in [1.807, 2.05) is 6.92 Å². The van der Waals surface area contributed by atoms with Gasteiger partial charge < -0.3 is 19.7 Å². The van der Waals surface area contributed by atoms with Crippen molar-refractivity contribution in [1.29, 1.82) is 0 Å². The van der Waals surface area contributed by atoms with Crippen LogP contribution < -0.4 is 10.2 Å². The van der Waals surface area contributed by atoms with Gasteiger partial charge in [0.05, 0.1) is 19.4 Å². The normalized spacial score (nSPS) is 10.8. The monoisotopic (exact) mass is 285 g/mol. The van der Waals surface area contributed by atoms with Crippen LogP contribution in [0.25, 0.3) is 0 Å². The Labute approximate surface area is 120 Å². The predicted molar refractivity (Wildman–Crippen MR) is 77.5 cm³/mol. The van der Waals surface area contributed by atoms with Gasteiger partial charge in [-0.3, -0.25) is 0 Å². The van der Waals surface area contributed by atoms with E-state index in [0.717, 1.165) is 17.9 Å². The first-order valence-electron chi connectivity index (χ1n) is 6.80. The van der Waals surface area contributed by atoms with E-state index >= 15 is 0 Å². The molecule has 0 aromatic carbocycles. The summed E-state index contributed by atoms with van der Waals surface area (Å²) in [4.78, 5) is 6.29. The first-order chi connectivity index (χ1) is 9.72. The molecule has 20 heavy (non-hydrogen) atoms. The van der Waals surface area contributed by atoms with Crippen LogP contribution in [0.5, 0.6) is 0 Å². The highest BCUT2D eigenvalue weighted by atomic mass is 19.1. The zero-order valence-electron chi connectivity index (χ0n) is 12.5. The van der Waals surface area contributed by atoms with Gasteiger partial charge in [0.1, 0.15) is 11.6 Å². The average Bonchev–Trinajstić information content (AvgIpc) is 2.46. The molecule has 0 radical (unpaired) electrons. The second-order valence-electron chi connectivity index (χ2n) is 4.39. The van der Waals surface area contributed by atoms with Crippen LogP contribution in [0.15, 0.2) is 12.3 Å². The number of nitrogens with zero attached hydrogens (tertiary/aromatic N) is 2. The highest BCUT2D eigenvalue weighted by Crippen LogP contribution is 2.18. The molecule has 1 heterocycles. The molecule has 0 atom stereocenters. The lowest BCUT2D eigenvalue weighted by Crippen LogP contribution is -2.33. The van der Waals surface area contributed by atoms with Crippen molar-refractivity contribution >= 4 is 5.82 Å². The highest BCUT2D eigenvalue weighted by molar-refractivity contribution is 5.47. The quantitative estimate of drug-likeness (QED) is 0.704. The summed E-state index contributed by atoms with van der Waals surface area (Å²) in [5.41, 5.74) is 0.846. The Morgan fingerprint density at radius 2 is 1.90 bits per heavy atom. The molecule has 0 spiro atoms.